The largest absolute Gasteiger partial charge is 0.533 e. The highest BCUT2D eigenvalue weighted by Crippen LogP contribution is 2.20. The summed E-state index contributed by atoms with van der Waals surface area (Å²) in [5.74, 6) is -10.2. The Morgan fingerprint density at radius 2 is 0.552 bits per heavy atom. The van der Waals surface area contributed by atoms with Gasteiger partial charge in [-0.1, -0.05) is 104 Å². The summed E-state index contributed by atoms with van der Waals surface area (Å²) in [6.07, 6.45) is 14.0. The first-order chi connectivity index (χ1) is 49.8. The molecule has 38 nitrogen and oxygen atoms in total. The van der Waals surface area contributed by atoms with E-state index in [0.29, 0.717) is 54.8 Å². The molecule has 38 heteroatoms. The van der Waals surface area contributed by atoms with E-state index in [0.717, 1.165) is 77.0 Å². The first-order valence-corrected chi connectivity index (χ1v) is 35.2. The van der Waals surface area contributed by atoms with Crippen molar-refractivity contribution in [3.05, 3.63) is 0 Å². The minimum absolute atomic E-state index is 0.0249. The Balaban J connectivity index is 0.000000614. The number of imide groups is 7. The van der Waals surface area contributed by atoms with Crippen LogP contribution >= 0.6 is 0 Å². The average Bonchev–Trinajstić information content (AvgIpc) is 1.79. The highest BCUT2D eigenvalue weighted by atomic mass is 16.8. The van der Waals surface area contributed by atoms with Crippen LogP contribution in [0.25, 0.3) is 0 Å². The zero-order chi connectivity index (χ0) is 79.1. The van der Waals surface area contributed by atoms with Gasteiger partial charge in [0.15, 0.2) is 0 Å². The van der Waals surface area contributed by atoms with Gasteiger partial charge in [-0.25, -0.2) is 33.6 Å². The van der Waals surface area contributed by atoms with E-state index < -0.39 is 125 Å². The second-order valence-electron chi connectivity index (χ2n) is 23.5. The molecule has 1 atom stereocenters. The Bertz CT molecular complexity index is 2950. The van der Waals surface area contributed by atoms with Gasteiger partial charge in [-0.15, -0.1) is 30.4 Å². The summed E-state index contributed by atoms with van der Waals surface area (Å²) in [5, 5.41) is 6.38. The standard InChI is InChI=1S/C12H19NO4.C11H17NO4.C10H14N2O5.C10H15NO4.C9H13NO4.C8H11NO4.C7H9NO5/c1-3-4-5-6-9(2)12(16)17-13-10(14)7-8-11(13)15;1-2-3-4-5-6-11(15)16-12-9(13)7-8-10(12)14;1-2-11-7(13)3-6-10(16)17-12-8(14)4-5-9(12)15;1-2-3-4-5-10(14)15-11-8(12)6-7-9(11)13;1-2-3-4-9(13)14-10-7(11)5-6-8(10)12;1-2-3-8(12)13-9-6(10)4-5-7(9)11;1-2-12-7(11)13-8-5(9)3-4-6(8)10/h9H,3-8H2,1-2H3;2-8H2,1H3;2-6H2,1H3,(H,11,13);2-7H2,1H3;2-6H2,1H3;2-5H2,1H3;2-4H2,1H3. The maximum Gasteiger partial charge on any atom is 0.533 e. The Kier molecular flexibility index (Phi) is 45.5. The predicted molar refractivity (Wildman–Crippen MR) is 351 cm³/mol. The summed E-state index contributed by atoms with van der Waals surface area (Å²) in [6, 6.07) is 0. The first kappa shape index (κ1) is 92.6. The lowest BCUT2D eigenvalue weighted by Gasteiger charge is -2.16. The van der Waals surface area contributed by atoms with Crippen LogP contribution in [0.4, 0.5) is 4.79 Å². The Morgan fingerprint density at radius 3 is 0.848 bits per heavy atom. The van der Waals surface area contributed by atoms with Crippen LogP contribution in [0.15, 0.2) is 0 Å². The van der Waals surface area contributed by atoms with Crippen LogP contribution in [0.3, 0.4) is 0 Å². The van der Waals surface area contributed by atoms with Crippen LogP contribution in [-0.4, -0.2) is 179 Å². The maximum atomic E-state index is 11.6. The lowest BCUT2D eigenvalue weighted by Crippen LogP contribution is -2.34. The van der Waals surface area contributed by atoms with Gasteiger partial charge >= 0.3 is 42.0 Å². The second-order valence-corrected chi connectivity index (χ2v) is 23.5. The minimum Gasteiger partial charge on any atom is -0.433 e. The Labute approximate surface area is 606 Å². The Morgan fingerprint density at radius 1 is 0.295 bits per heavy atom. The molecule has 1 unspecified atom stereocenters. The summed E-state index contributed by atoms with van der Waals surface area (Å²) in [4.78, 5) is 276. The van der Waals surface area contributed by atoms with Crippen molar-refractivity contribution in [1.29, 1.82) is 0 Å². The second kappa shape index (κ2) is 51.6. The fraction of sp³-hybridized carbons (Fsp3) is 0.672. The van der Waals surface area contributed by atoms with E-state index in [1.54, 1.807) is 20.8 Å². The highest BCUT2D eigenvalue weighted by molar-refractivity contribution is 6.05. The number of unbranched alkanes of at least 4 members (excludes halogenated alkanes) is 8. The number of nitrogens with zero attached hydrogens (tertiary/aromatic N) is 7. The smallest absolute Gasteiger partial charge is 0.433 e. The molecule has 7 fully saturated rings. The molecule has 1 N–H and O–H groups in total. The average molecular weight is 1500 g/mol. The fourth-order valence-electron chi connectivity index (χ4n) is 8.80. The zero-order valence-corrected chi connectivity index (χ0v) is 60.9. The Hall–Kier alpha value is -10.5. The quantitative estimate of drug-likeness (QED) is 0.0511. The number of carbonyl (C=O) groups is 22. The van der Waals surface area contributed by atoms with E-state index in [2.05, 4.69) is 48.1 Å². The molecule has 7 rings (SSSR count). The molecule has 0 aromatic rings. The molecule has 7 saturated heterocycles. The van der Waals surface area contributed by atoms with Crippen LogP contribution in [-0.2, 0) is 139 Å². The van der Waals surface area contributed by atoms with Crippen LogP contribution < -0.4 is 5.32 Å². The van der Waals surface area contributed by atoms with E-state index >= 15 is 0 Å². The summed E-state index contributed by atoms with van der Waals surface area (Å²) in [5.41, 5.74) is 0. The van der Waals surface area contributed by atoms with Crippen LogP contribution in [0.1, 0.15) is 274 Å². The predicted octanol–water partition coefficient (Wildman–Crippen LogP) is 5.46. The number of hydroxylamine groups is 14. The lowest BCUT2D eigenvalue weighted by molar-refractivity contribution is -0.200. The third-order valence-electron chi connectivity index (χ3n) is 14.6. The summed E-state index contributed by atoms with van der Waals surface area (Å²) in [6.45, 7) is 15.7. The van der Waals surface area contributed by atoms with Gasteiger partial charge in [0.2, 0.25) is 5.91 Å². The SMILES string of the molecule is CCCC(=O)ON1C(=O)CCC1=O.CCCCC(=O)ON1C(=O)CCC1=O.CCCCCC(=O)ON1C(=O)CCC1=O.CCCCCC(C)C(=O)ON1C(=O)CCC1=O.CCCCCCC(=O)ON1C(=O)CCC1=O.CCNC(=O)CCC(=O)ON1C(=O)CCC1=O.CCOC(=O)ON1C(=O)CCC1=O. The first-order valence-electron chi connectivity index (χ1n) is 35.2. The van der Waals surface area contributed by atoms with Gasteiger partial charge in [0.1, 0.15) is 0 Å². The molecule has 586 valence electrons. The van der Waals surface area contributed by atoms with E-state index in [1.807, 2.05) is 20.8 Å². The number of hydrogen-bond acceptors (Lipinski definition) is 30. The van der Waals surface area contributed by atoms with Crippen molar-refractivity contribution in [3.63, 3.8) is 0 Å². The molecule has 7 aliphatic rings. The molecule has 0 aromatic carbocycles. The van der Waals surface area contributed by atoms with Gasteiger partial charge in [-0.2, -0.15) is 0 Å². The highest BCUT2D eigenvalue weighted by Gasteiger charge is 2.38. The van der Waals surface area contributed by atoms with E-state index in [1.165, 1.54) is 0 Å². The maximum absolute atomic E-state index is 11.6. The fourth-order valence-corrected chi connectivity index (χ4v) is 8.80. The summed E-state index contributed by atoms with van der Waals surface area (Å²) >= 11 is 0. The van der Waals surface area contributed by atoms with E-state index in [-0.39, 0.29) is 147 Å². The number of carbonyl (C=O) groups excluding carboxylic acids is 22. The van der Waals surface area contributed by atoms with Gasteiger partial charge in [-0.05, 0) is 46.0 Å². The number of amides is 15. The van der Waals surface area contributed by atoms with Gasteiger partial charge in [-0.3, -0.25) is 76.8 Å². The molecule has 0 saturated carbocycles. The summed E-state index contributed by atoms with van der Waals surface area (Å²) in [7, 11) is 0. The van der Waals surface area contributed by atoms with Crippen molar-refractivity contribution < 1.29 is 144 Å². The number of rotatable bonds is 31. The summed E-state index contributed by atoms with van der Waals surface area (Å²) < 4.78 is 4.39. The molecule has 105 heavy (non-hydrogen) atoms. The topological polar surface area (TPSA) is 484 Å². The molecule has 15 amide bonds. The van der Waals surface area contributed by atoms with Gasteiger partial charge in [0.25, 0.3) is 82.7 Å². The lowest BCUT2D eigenvalue weighted by atomic mass is 10.0. The van der Waals surface area contributed by atoms with Gasteiger partial charge < -0.3 is 39.1 Å². The van der Waals surface area contributed by atoms with Crippen molar-refractivity contribution in [2.45, 2.75) is 274 Å². The van der Waals surface area contributed by atoms with Crippen molar-refractivity contribution >= 4 is 131 Å². The number of ether oxygens (including phenoxy) is 1. The van der Waals surface area contributed by atoms with Crippen molar-refractivity contribution in [1.82, 2.24) is 40.8 Å². The molecule has 0 aliphatic carbocycles. The third kappa shape index (κ3) is 36.5. The van der Waals surface area contributed by atoms with Crippen molar-refractivity contribution in [2.75, 3.05) is 13.2 Å². The van der Waals surface area contributed by atoms with Crippen LogP contribution in [0.2, 0.25) is 0 Å². The molecule has 0 radical (unpaired) electrons. The normalized spacial score (nSPS) is 16.1. The number of nitrogens with one attached hydrogen (secondary N) is 1. The van der Waals surface area contributed by atoms with E-state index in [4.69, 9.17) is 9.68 Å². The van der Waals surface area contributed by atoms with Crippen molar-refractivity contribution in [3.8, 4) is 0 Å². The monoisotopic (exact) mass is 1490 g/mol. The molecule has 0 spiro atoms. The van der Waals surface area contributed by atoms with Crippen LogP contribution in [0, 0.1) is 5.92 Å². The molecular weight excluding hydrogens is 1400 g/mol. The van der Waals surface area contributed by atoms with Crippen molar-refractivity contribution in [2.24, 2.45) is 5.92 Å². The number of hydrogen-bond donors (Lipinski definition) is 1. The minimum atomic E-state index is -1.04. The molecule has 0 bridgehead atoms. The molecule has 7 heterocycles. The third-order valence-corrected chi connectivity index (χ3v) is 14.6. The molecular formula is C67H98N8O30. The van der Waals surface area contributed by atoms with Gasteiger partial charge in [0, 0.05) is 129 Å². The zero-order valence-electron chi connectivity index (χ0n) is 60.9. The van der Waals surface area contributed by atoms with Crippen LogP contribution in [0.5, 0.6) is 0 Å². The van der Waals surface area contributed by atoms with E-state index in [9.17, 15) is 105 Å². The van der Waals surface area contributed by atoms with Gasteiger partial charge in [0.05, 0.1) is 18.9 Å². The molecule has 0 aromatic heterocycles. The molecule has 7 aliphatic heterocycles.